The van der Waals surface area contributed by atoms with Gasteiger partial charge in [0, 0.05) is 38.6 Å². The maximum atomic E-state index is 13.5. The topological polar surface area (TPSA) is 96.3 Å². The van der Waals surface area contributed by atoms with Gasteiger partial charge in [-0.1, -0.05) is 97.1 Å². The number of aromatic nitrogens is 2. The van der Waals surface area contributed by atoms with Crippen LogP contribution in [0.5, 0.6) is 0 Å². The summed E-state index contributed by atoms with van der Waals surface area (Å²) in [5.41, 5.74) is 3.65. The van der Waals surface area contributed by atoms with Gasteiger partial charge < -0.3 is 20.1 Å². The van der Waals surface area contributed by atoms with E-state index in [0.717, 1.165) is 27.8 Å². The molecule has 8 nitrogen and oxygen atoms in total. The quantitative estimate of drug-likeness (QED) is 0.235. The Labute approximate surface area is 251 Å². The highest BCUT2D eigenvalue weighted by atomic mass is 16.2. The Bertz CT molecular complexity index is 1680. The molecule has 4 aromatic carbocycles. The van der Waals surface area contributed by atoms with Crippen molar-refractivity contribution in [1.29, 1.82) is 0 Å². The zero-order chi connectivity index (χ0) is 30.0. The number of likely N-dealkylation sites (N-methyl/N-ethyl adjacent to an activating group) is 1. The van der Waals surface area contributed by atoms with E-state index < -0.39 is 6.04 Å². The van der Waals surface area contributed by atoms with E-state index in [2.05, 4.69) is 45.9 Å². The van der Waals surface area contributed by atoms with Gasteiger partial charge in [0.1, 0.15) is 6.04 Å². The molecule has 3 amide bonds. The van der Waals surface area contributed by atoms with Crippen LogP contribution in [0.3, 0.4) is 0 Å². The number of nitrogens with one attached hydrogen (secondary N) is 2. The van der Waals surface area contributed by atoms with E-state index in [4.69, 9.17) is 0 Å². The van der Waals surface area contributed by atoms with E-state index in [1.54, 1.807) is 24.5 Å². The Morgan fingerprint density at radius 3 is 2.19 bits per heavy atom. The number of amides is 3. The summed E-state index contributed by atoms with van der Waals surface area (Å²) in [6.07, 6.45) is 3.60. The van der Waals surface area contributed by atoms with Gasteiger partial charge in [-0.15, -0.1) is 0 Å². The van der Waals surface area contributed by atoms with Gasteiger partial charge in [-0.3, -0.25) is 14.4 Å². The van der Waals surface area contributed by atoms with Crippen LogP contribution in [0.1, 0.15) is 22.4 Å². The third-order valence-corrected chi connectivity index (χ3v) is 7.29. The second kappa shape index (κ2) is 14.1. The van der Waals surface area contributed by atoms with Crippen molar-refractivity contribution in [3.8, 4) is 0 Å². The van der Waals surface area contributed by atoms with Crippen LogP contribution >= 0.6 is 0 Å². The molecule has 1 atom stereocenters. The first-order valence-corrected chi connectivity index (χ1v) is 14.3. The number of carbonyl (C=O) groups excluding carboxylic acids is 3. The van der Waals surface area contributed by atoms with Gasteiger partial charge >= 0.3 is 0 Å². The molecular weight excluding hydrogens is 538 g/mol. The van der Waals surface area contributed by atoms with Crippen molar-refractivity contribution in [1.82, 2.24) is 25.1 Å². The van der Waals surface area contributed by atoms with Crippen molar-refractivity contribution in [2.75, 3.05) is 13.6 Å². The molecule has 0 bridgehead atoms. The molecule has 0 aliphatic rings. The summed E-state index contributed by atoms with van der Waals surface area (Å²) < 4.78 is 1.93. The first-order chi connectivity index (χ1) is 20.9. The molecule has 0 fully saturated rings. The van der Waals surface area contributed by atoms with E-state index in [1.165, 1.54) is 5.39 Å². The smallest absolute Gasteiger partial charge is 0.247 e. The monoisotopic (exact) mass is 573 g/mol. The van der Waals surface area contributed by atoms with Gasteiger partial charge in [0.05, 0.1) is 19.2 Å². The highest BCUT2D eigenvalue weighted by Gasteiger charge is 2.25. The number of hydrogen-bond acceptors (Lipinski definition) is 4. The summed E-state index contributed by atoms with van der Waals surface area (Å²) in [7, 11) is 1.69. The number of carbonyl (C=O) groups is 3. The Balaban J connectivity index is 1.25. The second-order valence-corrected chi connectivity index (χ2v) is 10.6. The van der Waals surface area contributed by atoms with Gasteiger partial charge in [-0.2, -0.15) is 0 Å². The molecule has 0 saturated carbocycles. The summed E-state index contributed by atoms with van der Waals surface area (Å²) >= 11 is 0. The molecule has 1 aromatic heterocycles. The lowest BCUT2D eigenvalue weighted by molar-refractivity contribution is -0.135. The fourth-order valence-electron chi connectivity index (χ4n) is 5.04. The highest BCUT2D eigenvalue weighted by Crippen LogP contribution is 2.17. The van der Waals surface area contributed by atoms with Crippen molar-refractivity contribution in [2.24, 2.45) is 0 Å². The molecule has 5 aromatic rings. The molecule has 43 heavy (non-hydrogen) atoms. The molecule has 1 unspecified atom stereocenters. The molecule has 218 valence electrons. The number of imidazole rings is 1. The molecule has 8 heteroatoms. The van der Waals surface area contributed by atoms with Crippen LogP contribution in [0, 0.1) is 0 Å². The van der Waals surface area contributed by atoms with Crippen molar-refractivity contribution >= 4 is 28.5 Å². The predicted molar refractivity (Wildman–Crippen MR) is 167 cm³/mol. The summed E-state index contributed by atoms with van der Waals surface area (Å²) in [6, 6.07) is 32.5. The minimum atomic E-state index is -0.933. The lowest BCUT2D eigenvalue weighted by Crippen LogP contribution is -2.53. The van der Waals surface area contributed by atoms with E-state index in [9.17, 15) is 14.4 Å². The molecule has 0 aliphatic heterocycles. The number of rotatable bonds is 12. The van der Waals surface area contributed by atoms with Gasteiger partial charge in [-0.05, 0) is 33.5 Å². The zero-order valence-corrected chi connectivity index (χ0v) is 24.1. The zero-order valence-electron chi connectivity index (χ0n) is 24.1. The lowest BCUT2D eigenvalue weighted by Gasteiger charge is -2.25. The van der Waals surface area contributed by atoms with Crippen molar-refractivity contribution in [3.63, 3.8) is 0 Å². The largest absolute Gasteiger partial charge is 0.353 e. The summed E-state index contributed by atoms with van der Waals surface area (Å²) in [6.45, 7) is 0.916. The molecule has 2 N–H and O–H groups in total. The summed E-state index contributed by atoms with van der Waals surface area (Å²) in [5.74, 6) is -0.844. The first kappa shape index (κ1) is 29.3. The minimum absolute atomic E-state index is 0.0221. The van der Waals surface area contributed by atoms with Gasteiger partial charge in [0.2, 0.25) is 17.7 Å². The molecule has 5 rings (SSSR count). The van der Waals surface area contributed by atoms with Crippen LogP contribution in [-0.4, -0.2) is 51.8 Å². The van der Waals surface area contributed by atoms with Crippen molar-refractivity contribution in [2.45, 2.75) is 32.0 Å². The average Bonchev–Trinajstić information content (AvgIpc) is 3.45. The maximum Gasteiger partial charge on any atom is 0.247 e. The van der Waals surface area contributed by atoms with E-state index >= 15 is 0 Å². The number of hydrogen-bond donors (Lipinski definition) is 2. The highest BCUT2D eigenvalue weighted by molar-refractivity contribution is 5.89. The van der Waals surface area contributed by atoms with Crippen molar-refractivity contribution < 1.29 is 14.4 Å². The fourth-order valence-corrected chi connectivity index (χ4v) is 5.04. The SMILES string of the molecule is CN(Cc1ccccc1)C(=O)C(CNC(=O)Cc1ccccc1)NC(=O)Cc1cncn1Cc1ccc2ccccc2c1. The van der Waals surface area contributed by atoms with E-state index in [0.29, 0.717) is 13.1 Å². The first-order valence-electron chi connectivity index (χ1n) is 14.3. The number of fused-ring (bicyclic) bond motifs is 1. The molecule has 1 heterocycles. The van der Waals surface area contributed by atoms with Crippen LogP contribution < -0.4 is 10.6 Å². The average molecular weight is 574 g/mol. The fraction of sp³-hybridized carbons (Fsp3) is 0.200. The molecular formula is C35H35N5O3. The number of benzene rings is 4. The van der Waals surface area contributed by atoms with Gasteiger partial charge in [0.25, 0.3) is 0 Å². The van der Waals surface area contributed by atoms with Gasteiger partial charge in [-0.25, -0.2) is 4.98 Å². The Hall–Kier alpha value is -5.24. The molecule has 0 spiro atoms. The lowest BCUT2D eigenvalue weighted by atomic mass is 10.1. The van der Waals surface area contributed by atoms with Crippen LogP contribution in [-0.2, 0) is 40.3 Å². The van der Waals surface area contributed by atoms with Crippen LogP contribution in [0.2, 0.25) is 0 Å². The van der Waals surface area contributed by atoms with E-state index in [-0.39, 0.29) is 37.1 Å². The van der Waals surface area contributed by atoms with Crippen LogP contribution in [0.4, 0.5) is 0 Å². The standard InChI is InChI=1S/C35H35N5O3/c1-39(23-27-12-6-3-7-13-27)35(43)32(22-37-33(41)19-26-10-4-2-5-11-26)38-34(42)20-31-21-36-25-40(31)24-28-16-17-29-14-8-9-15-30(29)18-28/h2-18,21,25,32H,19-20,22-24H2,1H3,(H,37,41)(H,38,42). The second-order valence-electron chi connectivity index (χ2n) is 10.6. The summed E-state index contributed by atoms with van der Waals surface area (Å²) in [5, 5.41) is 8.02. The Morgan fingerprint density at radius 2 is 1.44 bits per heavy atom. The molecule has 0 aliphatic carbocycles. The third-order valence-electron chi connectivity index (χ3n) is 7.29. The third kappa shape index (κ3) is 8.16. The maximum absolute atomic E-state index is 13.5. The number of nitrogens with zero attached hydrogens (tertiary/aromatic N) is 3. The van der Waals surface area contributed by atoms with Crippen LogP contribution in [0.25, 0.3) is 10.8 Å². The van der Waals surface area contributed by atoms with E-state index in [1.807, 2.05) is 77.4 Å². The predicted octanol–water partition coefficient (Wildman–Crippen LogP) is 4.13. The normalized spacial score (nSPS) is 11.6. The minimum Gasteiger partial charge on any atom is -0.353 e. The van der Waals surface area contributed by atoms with Gasteiger partial charge in [0.15, 0.2) is 0 Å². The Morgan fingerprint density at radius 1 is 0.767 bits per heavy atom. The molecule has 0 radical (unpaired) electrons. The summed E-state index contributed by atoms with van der Waals surface area (Å²) in [4.78, 5) is 45.3. The van der Waals surface area contributed by atoms with Crippen molar-refractivity contribution in [3.05, 3.63) is 138 Å². The Kier molecular flexibility index (Phi) is 9.59. The molecule has 0 saturated heterocycles. The van der Waals surface area contributed by atoms with Crippen LogP contribution in [0.15, 0.2) is 116 Å².